The standard InChI is InChI=1S/C22H19FN2O2/c1-14-8-11-18(23)20(12-14)25-22(27)17-10-9-15(2)19(13-17)24-21(26)16-6-4-3-5-7-16/h3-13H,1-2H3,(H,24,26)(H,25,27). The molecule has 136 valence electrons. The summed E-state index contributed by atoms with van der Waals surface area (Å²) in [5, 5.41) is 5.39. The first-order valence-corrected chi connectivity index (χ1v) is 8.48. The molecule has 2 N–H and O–H groups in total. The van der Waals surface area contributed by atoms with E-state index in [0.717, 1.165) is 11.1 Å². The first kappa shape index (κ1) is 18.3. The zero-order chi connectivity index (χ0) is 19.4. The quantitative estimate of drug-likeness (QED) is 0.690. The van der Waals surface area contributed by atoms with Gasteiger partial charge >= 0.3 is 0 Å². The largest absolute Gasteiger partial charge is 0.322 e. The van der Waals surface area contributed by atoms with Gasteiger partial charge in [0.15, 0.2) is 0 Å². The number of anilines is 2. The van der Waals surface area contributed by atoms with Crippen molar-refractivity contribution in [3.63, 3.8) is 0 Å². The van der Waals surface area contributed by atoms with E-state index in [2.05, 4.69) is 10.6 Å². The van der Waals surface area contributed by atoms with Crippen molar-refractivity contribution in [1.82, 2.24) is 0 Å². The van der Waals surface area contributed by atoms with Crippen LogP contribution in [0, 0.1) is 19.7 Å². The molecule has 0 radical (unpaired) electrons. The minimum Gasteiger partial charge on any atom is -0.322 e. The number of nitrogens with one attached hydrogen (secondary N) is 2. The van der Waals surface area contributed by atoms with Crippen molar-refractivity contribution in [2.24, 2.45) is 0 Å². The predicted molar refractivity (Wildman–Crippen MR) is 105 cm³/mol. The Morgan fingerprint density at radius 2 is 1.41 bits per heavy atom. The molecule has 4 nitrogen and oxygen atoms in total. The zero-order valence-corrected chi connectivity index (χ0v) is 15.0. The van der Waals surface area contributed by atoms with Crippen molar-refractivity contribution in [2.75, 3.05) is 10.6 Å². The third-order valence-electron chi connectivity index (χ3n) is 4.15. The average Bonchev–Trinajstić information content (AvgIpc) is 2.67. The maximum atomic E-state index is 13.9. The number of hydrogen-bond donors (Lipinski definition) is 2. The highest BCUT2D eigenvalue weighted by Gasteiger charge is 2.13. The van der Waals surface area contributed by atoms with Crippen LogP contribution in [0.25, 0.3) is 0 Å². The Labute approximate surface area is 157 Å². The van der Waals surface area contributed by atoms with Gasteiger partial charge in [-0.05, 0) is 61.4 Å². The van der Waals surface area contributed by atoms with Gasteiger partial charge in [0, 0.05) is 16.8 Å². The molecule has 3 aromatic rings. The minimum atomic E-state index is -0.501. The predicted octanol–water partition coefficient (Wildman–Crippen LogP) is 4.95. The number of rotatable bonds is 4. The summed E-state index contributed by atoms with van der Waals surface area (Å²) in [5.74, 6) is -1.21. The van der Waals surface area contributed by atoms with Crippen LogP contribution in [0.2, 0.25) is 0 Å². The van der Waals surface area contributed by atoms with Crippen molar-refractivity contribution in [3.8, 4) is 0 Å². The van der Waals surface area contributed by atoms with E-state index >= 15 is 0 Å². The van der Waals surface area contributed by atoms with Gasteiger partial charge in [-0.15, -0.1) is 0 Å². The van der Waals surface area contributed by atoms with Crippen LogP contribution in [-0.4, -0.2) is 11.8 Å². The van der Waals surface area contributed by atoms with Crippen LogP contribution in [0.4, 0.5) is 15.8 Å². The minimum absolute atomic E-state index is 0.121. The van der Waals surface area contributed by atoms with Gasteiger partial charge in [-0.25, -0.2) is 4.39 Å². The SMILES string of the molecule is Cc1ccc(F)c(NC(=O)c2ccc(C)c(NC(=O)c3ccccc3)c2)c1. The maximum Gasteiger partial charge on any atom is 0.255 e. The first-order valence-electron chi connectivity index (χ1n) is 8.48. The molecule has 5 heteroatoms. The monoisotopic (exact) mass is 362 g/mol. The molecule has 0 aliphatic heterocycles. The van der Waals surface area contributed by atoms with E-state index in [-0.39, 0.29) is 11.6 Å². The Hall–Kier alpha value is -3.47. The first-order chi connectivity index (χ1) is 12.9. The zero-order valence-electron chi connectivity index (χ0n) is 15.0. The molecule has 0 heterocycles. The van der Waals surface area contributed by atoms with Gasteiger partial charge in [0.1, 0.15) is 5.82 Å². The van der Waals surface area contributed by atoms with Crippen LogP contribution in [0.15, 0.2) is 66.7 Å². The summed E-state index contributed by atoms with van der Waals surface area (Å²) in [4.78, 5) is 24.9. The average molecular weight is 362 g/mol. The van der Waals surface area contributed by atoms with Crippen molar-refractivity contribution in [2.45, 2.75) is 13.8 Å². The Morgan fingerprint density at radius 3 is 2.15 bits per heavy atom. The van der Waals surface area contributed by atoms with Crippen LogP contribution < -0.4 is 10.6 Å². The Morgan fingerprint density at radius 1 is 0.741 bits per heavy atom. The number of aryl methyl sites for hydroxylation is 2. The van der Waals surface area contributed by atoms with Gasteiger partial charge in [-0.2, -0.15) is 0 Å². The summed E-state index contributed by atoms with van der Waals surface area (Å²) in [7, 11) is 0. The van der Waals surface area contributed by atoms with Crippen molar-refractivity contribution < 1.29 is 14.0 Å². The Bertz CT molecular complexity index is 1000. The van der Waals surface area contributed by atoms with Crippen molar-refractivity contribution in [3.05, 3.63) is 94.8 Å². The summed E-state index contributed by atoms with van der Waals surface area (Å²) in [6.45, 7) is 3.65. The number of halogens is 1. The summed E-state index contributed by atoms with van der Waals surface area (Å²) < 4.78 is 13.9. The lowest BCUT2D eigenvalue weighted by Gasteiger charge is -2.12. The third kappa shape index (κ3) is 4.39. The van der Waals surface area contributed by atoms with E-state index in [1.165, 1.54) is 6.07 Å². The van der Waals surface area contributed by atoms with Crippen LogP contribution in [0.3, 0.4) is 0 Å². The van der Waals surface area contributed by atoms with Gasteiger partial charge in [0.05, 0.1) is 5.69 Å². The van der Waals surface area contributed by atoms with Crippen LogP contribution >= 0.6 is 0 Å². The van der Waals surface area contributed by atoms with Gasteiger partial charge < -0.3 is 10.6 Å². The van der Waals surface area contributed by atoms with Crippen LogP contribution in [-0.2, 0) is 0 Å². The molecule has 0 bridgehead atoms. The maximum absolute atomic E-state index is 13.9. The third-order valence-corrected chi connectivity index (χ3v) is 4.15. The fourth-order valence-electron chi connectivity index (χ4n) is 2.61. The second-order valence-electron chi connectivity index (χ2n) is 6.29. The summed E-state index contributed by atoms with van der Waals surface area (Å²) in [6, 6.07) is 18.3. The summed E-state index contributed by atoms with van der Waals surface area (Å²) in [5.41, 5.74) is 3.15. The molecule has 0 aromatic heterocycles. The van der Waals surface area contributed by atoms with E-state index in [1.807, 2.05) is 19.9 Å². The molecule has 0 saturated carbocycles. The number of benzene rings is 3. The molecule has 0 spiro atoms. The molecule has 2 amide bonds. The number of amides is 2. The molecule has 0 atom stereocenters. The molecule has 3 aromatic carbocycles. The highest BCUT2D eigenvalue weighted by Crippen LogP contribution is 2.21. The van der Waals surface area contributed by atoms with Crippen molar-refractivity contribution >= 4 is 23.2 Å². The van der Waals surface area contributed by atoms with Crippen LogP contribution in [0.1, 0.15) is 31.8 Å². The lowest BCUT2D eigenvalue weighted by Crippen LogP contribution is -2.16. The number of carbonyl (C=O) groups excluding carboxylic acids is 2. The summed E-state index contributed by atoms with van der Waals surface area (Å²) >= 11 is 0. The molecule has 0 aliphatic carbocycles. The number of carbonyl (C=O) groups is 2. The van der Waals surface area contributed by atoms with Crippen molar-refractivity contribution in [1.29, 1.82) is 0 Å². The fraction of sp³-hybridized carbons (Fsp3) is 0.0909. The molecule has 27 heavy (non-hydrogen) atoms. The van der Waals surface area contributed by atoms with E-state index in [1.54, 1.807) is 54.6 Å². The molecule has 3 rings (SSSR count). The van der Waals surface area contributed by atoms with Gasteiger partial charge in [-0.1, -0.05) is 30.3 Å². The molecule has 0 unspecified atom stereocenters. The Kier molecular flexibility index (Phi) is 5.31. The highest BCUT2D eigenvalue weighted by molar-refractivity contribution is 6.07. The van der Waals surface area contributed by atoms with Gasteiger partial charge in [0.25, 0.3) is 11.8 Å². The summed E-state index contributed by atoms with van der Waals surface area (Å²) in [6.07, 6.45) is 0. The molecular formula is C22H19FN2O2. The number of hydrogen-bond acceptors (Lipinski definition) is 2. The lowest BCUT2D eigenvalue weighted by molar-refractivity contribution is 0.101. The molecular weight excluding hydrogens is 343 g/mol. The second-order valence-corrected chi connectivity index (χ2v) is 6.29. The van der Waals surface area contributed by atoms with E-state index in [4.69, 9.17) is 0 Å². The van der Waals surface area contributed by atoms with Crippen LogP contribution in [0.5, 0.6) is 0 Å². The molecule has 0 fully saturated rings. The second kappa shape index (κ2) is 7.83. The van der Waals surface area contributed by atoms with Gasteiger partial charge in [0.2, 0.25) is 0 Å². The normalized spacial score (nSPS) is 10.3. The van der Waals surface area contributed by atoms with Gasteiger partial charge in [-0.3, -0.25) is 9.59 Å². The highest BCUT2D eigenvalue weighted by atomic mass is 19.1. The lowest BCUT2D eigenvalue weighted by atomic mass is 10.1. The van der Waals surface area contributed by atoms with E-state index in [0.29, 0.717) is 16.8 Å². The molecule has 0 saturated heterocycles. The Balaban J connectivity index is 1.81. The van der Waals surface area contributed by atoms with E-state index in [9.17, 15) is 14.0 Å². The topological polar surface area (TPSA) is 58.2 Å². The van der Waals surface area contributed by atoms with E-state index < -0.39 is 11.7 Å². The smallest absolute Gasteiger partial charge is 0.255 e. The fourth-order valence-corrected chi connectivity index (χ4v) is 2.61. The molecule has 0 aliphatic rings.